The first kappa shape index (κ1) is 26.4. The van der Waals surface area contributed by atoms with Crippen molar-refractivity contribution in [2.75, 3.05) is 26.7 Å². The molecule has 38 heavy (non-hydrogen) atoms. The van der Waals surface area contributed by atoms with Gasteiger partial charge in [0.15, 0.2) is 0 Å². The zero-order chi connectivity index (χ0) is 26.9. The Hall–Kier alpha value is -3.20. The third kappa shape index (κ3) is 5.21. The number of thiophene rings is 1. The van der Waals surface area contributed by atoms with Gasteiger partial charge in [-0.1, -0.05) is 56.3 Å². The number of ether oxygens (including phenoxy) is 1. The first-order chi connectivity index (χ1) is 18.3. The number of hydrogen-bond donors (Lipinski definition) is 0. The van der Waals surface area contributed by atoms with Gasteiger partial charge < -0.3 is 9.64 Å². The fraction of sp³-hybridized carbons (Fsp3) is 0.300. The van der Waals surface area contributed by atoms with E-state index in [1.807, 2.05) is 73.3 Å². The summed E-state index contributed by atoms with van der Waals surface area (Å²) in [5.41, 5.74) is 2.08. The van der Waals surface area contributed by atoms with Gasteiger partial charge >= 0.3 is 0 Å². The number of carbonyl (C=O) groups is 1. The molecule has 0 fully saturated rings. The third-order valence-electron chi connectivity index (χ3n) is 6.96. The van der Waals surface area contributed by atoms with Crippen LogP contribution in [0.4, 0.5) is 0 Å². The maximum absolute atomic E-state index is 13.9. The minimum Gasteiger partial charge on any atom is -0.497 e. The van der Waals surface area contributed by atoms with Crippen LogP contribution in [0, 0.1) is 5.92 Å². The molecule has 1 amide bonds. The molecule has 1 atom stereocenters. The van der Waals surface area contributed by atoms with Gasteiger partial charge in [0.25, 0.3) is 0 Å². The first-order valence-corrected chi connectivity index (χ1v) is 15.1. The predicted molar refractivity (Wildman–Crippen MR) is 152 cm³/mol. The summed E-state index contributed by atoms with van der Waals surface area (Å²) in [6.45, 7) is 4.51. The molecule has 3 aromatic carbocycles. The van der Waals surface area contributed by atoms with E-state index >= 15 is 0 Å². The topological polar surface area (TPSA) is 66.9 Å². The molecule has 0 spiro atoms. The van der Waals surface area contributed by atoms with Crippen LogP contribution in [0.5, 0.6) is 5.75 Å². The van der Waals surface area contributed by atoms with E-state index in [-0.39, 0.29) is 35.9 Å². The Bertz CT molecular complexity index is 1540. The predicted octanol–water partition coefficient (Wildman–Crippen LogP) is 5.73. The van der Waals surface area contributed by atoms with Gasteiger partial charge in [-0.2, -0.15) is 4.31 Å². The van der Waals surface area contributed by atoms with Crippen LogP contribution in [0.3, 0.4) is 0 Å². The number of fused-ring (bicyclic) bond motifs is 2. The van der Waals surface area contributed by atoms with Gasteiger partial charge in [0, 0.05) is 18.0 Å². The molecule has 0 radical (unpaired) electrons. The molecule has 4 aromatic rings. The number of methoxy groups -OCH3 is 1. The fourth-order valence-electron chi connectivity index (χ4n) is 5.10. The summed E-state index contributed by atoms with van der Waals surface area (Å²) in [7, 11) is -2.26. The molecule has 1 aromatic heterocycles. The summed E-state index contributed by atoms with van der Waals surface area (Å²) >= 11 is 1.70. The van der Waals surface area contributed by atoms with Crippen LogP contribution in [0.2, 0.25) is 0 Å². The summed E-state index contributed by atoms with van der Waals surface area (Å²) in [5, 5.41) is 3.88. The Morgan fingerprint density at radius 1 is 1.05 bits per heavy atom. The van der Waals surface area contributed by atoms with E-state index in [4.69, 9.17) is 4.74 Å². The van der Waals surface area contributed by atoms with Crippen LogP contribution >= 0.6 is 11.3 Å². The second-order valence-electron chi connectivity index (χ2n) is 10.0. The Kier molecular flexibility index (Phi) is 7.56. The molecule has 0 aliphatic carbocycles. The lowest BCUT2D eigenvalue weighted by Gasteiger charge is -2.37. The molecular formula is C30H32N2O4S2. The minimum absolute atomic E-state index is 0.0558. The smallest absolute Gasteiger partial charge is 0.243 e. The van der Waals surface area contributed by atoms with Gasteiger partial charge in [0.1, 0.15) is 5.75 Å². The molecule has 6 nitrogen and oxygen atoms in total. The fourth-order valence-corrected chi connectivity index (χ4v) is 7.60. The normalized spacial score (nSPS) is 15.7. The zero-order valence-electron chi connectivity index (χ0n) is 21.8. The lowest BCUT2D eigenvalue weighted by atomic mass is 9.93. The molecule has 1 aliphatic rings. The first-order valence-electron chi connectivity index (χ1n) is 12.8. The van der Waals surface area contributed by atoms with Crippen LogP contribution in [-0.4, -0.2) is 50.3 Å². The molecule has 0 saturated carbocycles. The third-order valence-corrected chi connectivity index (χ3v) is 9.76. The minimum atomic E-state index is -3.89. The van der Waals surface area contributed by atoms with E-state index < -0.39 is 10.0 Å². The van der Waals surface area contributed by atoms with Gasteiger partial charge in [-0.3, -0.25) is 4.79 Å². The number of carbonyl (C=O) groups excluding carboxylic acids is 1. The summed E-state index contributed by atoms with van der Waals surface area (Å²) in [4.78, 5) is 17.2. The molecule has 2 heterocycles. The van der Waals surface area contributed by atoms with Gasteiger partial charge in [-0.05, 0) is 69.9 Å². The highest BCUT2D eigenvalue weighted by Gasteiger charge is 2.36. The highest BCUT2D eigenvalue weighted by atomic mass is 32.2. The van der Waals surface area contributed by atoms with Crippen molar-refractivity contribution in [3.63, 3.8) is 0 Å². The van der Waals surface area contributed by atoms with E-state index in [9.17, 15) is 13.2 Å². The SMILES string of the molecule is COc1ccc(C2c3ccsc3CCN2C(=O)CN(CC(C)C)S(=O)(=O)c2ccc3ccccc3c2)cc1. The Labute approximate surface area is 228 Å². The van der Waals surface area contributed by atoms with Gasteiger partial charge in [0.05, 0.1) is 24.6 Å². The summed E-state index contributed by atoms with van der Waals surface area (Å²) in [6.07, 6.45) is 0.757. The summed E-state index contributed by atoms with van der Waals surface area (Å²) in [6, 6.07) is 22.4. The molecule has 5 rings (SSSR count). The second-order valence-corrected chi connectivity index (χ2v) is 13.0. The van der Waals surface area contributed by atoms with Crippen molar-refractivity contribution >= 4 is 38.0 Å². The van der Waals surface area contributed by atoms with Crippen LogP contribution in [0.15, 0.2) is 83.1 Å². The molecule has 8 heteroatoms. The number of benzene rings is 3. The molecule has 0 bridgehead atoms. The van der Waals surface area contributed by atoms with Crippen molar-refractivity contribution in [3.8, 4) is 5.75 Å². The summed E-state index contributed by atoms with van der Waals surface area (Å²) in [5.74, 6) is 0.602. The van der Waals surface area contributed by atoms with Crippen molar-refractivity contribution in [1.29, 1.82) is 0 Å². The van der Waals surface area contributed by atoms with E-state index in [1.165, 1.54) is 9.18 Å². The molecule has 198 valence electrons. The quantitative estimate of drug-likeness (QED) is 0.282. The van der Waals surface area contributed by atoms with Crippen molar-refractivity contribution < 1.29 is 17.9 Å². The lowest BCUT2D eigenvalue weighted by Crippen LogP contribution is -2.47. The number of sulfonamides is 1. The maximum Gasteiger partial charge on any atom is 0.243 e. The monoisotopic (exact) mass is 548 g/mol. The van der Waals surface area contributed by atoms with E-state index in [1.54, 1.807) is 30.6 Å². The highest BCUT2D eigenvalue weighted by Crippen LogP contribution is 2.38. The summed E-state index contributed by atoms with van der Waals surface area (Å²) < 4.78 is 34.4. The van der Waals surface area contributed by atoms with Crippen molar-refractivity contribution in [3.05, 3.63) is 94.2 Å². The highest BCUT2D eigenvalue weighted by molar-refractivity contribution is 7.89. The van der Waals surface area contributed by atoms with Crippen LogP contribution in [0.25, 0.3) is 10.8 Å². The Morgan fingerprint density at radius 2 is 1.79 bits per heavy atom. The van der Waals surface area contributed by atoms with Crippen LogP contribution < -0.4 is 4.74 Å². The van der Waals surface area contributed by atoms with E-state index in [0.717, 1.165) is 34.1 Å². The van der Waals surface area contributed by atoms with Crippen molar-refractivity contribution in [1.82, 2.24) is 9.21 Å². The number of hydrogen-bond acceptors (Lipinski definition) is 5. The number of nitrogens with zero attached hydrogens (tertiary/aromatic N) is 2. The van der Waals surface area contributed by atoms with Crippen LogP contribution in [-0.2, 0) is 21.2 Å². The van der Waals surface area contributed by atoms with Crippen molar-refractivity contribution in [2.24, 2.45) is 5.92 Å². The van der Waals surface area contributed by atoms with Crippen molar-refractivity contribution in [2.45, 2.75) is 31.2 Å². The van der Waals surface area contributed by atoms with E-state index in [0.29, 0.717) is 6.54 Å². The molecule has 1 aliphatic heterocycles. The number of rotatable bonds is 8. The largest absolute Gasteiger partial charge is 0.497 e. The Morgan fingerprint density at radius 3 is 2.50 bits per heavy atom. The number of amides is 1. The average Bonchev–Trinajstić information content (AvgIpc) is 3.40. The lowest BCUT2D eigenvalue weighted by molar-refractivity contribution is -0.133. The second kappa shape index (κ2) is 10.9. The average molecular weight is 549 g/mol. The molecule has 0 N–H and O–H groups in total. The molecule has 0 saturated heterocycles. The van der Waals surface area contributed by atoms with E-state index in [2.05, 4.69) is 11.4 Å². The van der Waals surface area contributed by atoms with Gasteiger partial charge in [-0.15, -0.1) is 11.3 Å². The zero-order valence-corrected chi connectivity index (χ0v) is 23.5. The standard InChI is InChI=1S/C30H32N2O4S2/c1-21(2)19-31(38(34,35)26-13-10-22-6-4-5-7-24(22)18-26)20-29(33)32-16-14-28-27(15-17-37-28)30(32)23-8-11-25(36-3)12-9-23/h4-13,15,17-18,21,30H,14,16,19-20H2,1-3H3. The van der Waals surface area contributed by atoms with Gasteiger partial charge in [0.2, 0.25) is 15.9 Å². The molecular weight excluding hydrogens is 516 g/mol. The Balaban J connectivity index is 1.47. The van der Waals surface area contributed by atoms with Gasteiger partial charge in [-0.25, -0.2) is 8.42 Å². The molecule has 1 unspecified atom stereocenters. The maximum atomic E-state index is 13.9. The van der Waals surface area contributed by atoms with Crippen LogP contribution in [0.1, 0.15) is 35.9 Å².